The first-order valence-electron chi connectivity index (χ1n) is 11.6. The molecule has 0 aliphatic carbocycles. The molecule has 4 aromatic rings. The van der Waals surface area contributed by atoms with Crippen molar-refractivity contribution in [2.45, 2.75) is 46.8 Å². The van der Waals surface area contributed by atoms with E-state index in [1.165, 1.54) is 11.1 Å². The highest BCUT2D eigenvalue weighted by Crippen LogP contribution is 2.17. The van der Waals surface area contributed by atoms with Gasteiger partial charge >= 0.3 is 0 Å². The number of aromatic nitrogens is 2. The van der Waals surface area contributed by atoms with Gasteiger partial charge in [-0.25, -0.2) is 0 Å². The molecule has 0 unspecified atom stereocenters. The molecule has 0 fully saturated rings. The van der Waals surface area contributed by atoms with E-state index in [9.17, 15) is 4.79 Å². The van der Waals surface area contributed by atoms with Gasteiger partial charge in [0.2, 0.25) is 0 Å². The van der Waals surface area contributed by atoms with Gasteiger partial charge in [0.05, 0.1) is 12.7 Å². The topological polar surface area (TPSA) is 72.9 Å². The molecule has 174 valence electrons. The van der Waals surface area contributed by atoms with Crippen molar-refractivity contribution in [3.8, 4) is 0 Å². The van der Waals surface area contributed by atoms with E-state index in [0.717, 1.165) is 46.3 Å². The first-order chi connectivity index (χ1) is 16.4. The number of amides is 1. The molecule has 3 N–H and O–H groups in total. The lowest BCUT2D eigenvalue weighted by molar-refractivity contribution is 0.0950. The molecule has 0 saturated heterocycles. The van der Waals surface area contributed by atoms with Gasteiger partial charge in [-0.1, -0.05) is 48.5 Å². The fourth-order valence-electron chi connectivity index (χ4n) is 4.31. The van der Waals surface area contributed by atoms with Crippen LogP contribution >= 0.6 is 0 Å². The van der Waals surface area contributed by atoms with Crippen LogP contribution in [0.3, 0.4) is 0 Å². The molecule has 0 aliphatic rings. The van der Waals surface area contributed by atoms with Crippen LogP contribution in [0.5, 0.6) is 0 Å². The zero-order chi connectivity index (χ0) is 24.1. The number of nitrogens with one attached hydrogen (secondary N) is 1. The highest BCUT2D eigenvalue weighted by Gasteiger charge is 2.10. The largest absolute Gasteiger partial charge is 0.348 e. The van der Waals surface area contributed by atoms with Crippen LogP contribution in [-0.2, 0) is 26.1 Å². The molecule has 4 rings (SSSR count). The molecule has 5 nitrogen and oxygen atoms in total. The molecule has 0 aliphatic heterocycles. The monoisotopic (exact) mass is 452 g/mol. The summed E-state index contributed by atoms with van der Waals surface area (Å²) in [4.78, 5) is 12.8. The smallest absolute Gasteiger partial charge is 0.251 e. The van der Waals surface area contributed by atoms with Gasteiger partial charge in [0.25, 0.3) is 5.91 Å². The van der Waals surface area contributed by atoms with Gasteiger partial charge in [-0.05, 0) is 83.8 Å². The van der Waals surface area contributed by atoms with Gasteiger partial charge in [-0.3, -0.25) is 9.48 Å². The fourth-order valence-corrected chi connectivity index (χ4v) is 4.31. The van der Waals surface area contributed by atoms with E-state index < -0.39 is 0 Å². The number of rotatable bonds is 8. The van der Waals surface area contributed by atoms with Crippen molar-refractivity contribution < 1.29 is 4.79 Å². The molecule has 3 aromatic carbocycles. The van der Waals surface area contributed by atoms with Crippen molar-refractivity contribution in [1.29, 1.82) is 0 Å². The molecular formula is C29H32N4O. The van der Waals surface area contributed by atoms with E-state index in [0.29, 0.717) is 18.7 Å². The van der Waals surface area contributed by atoms with Crippen molar-refractivity contribution in [2.75, 3.05) is 0 Å². The van der Waals surface area contributed by atoms with Gasteiger partial charge in [-0.15, -0.1) is 0 Å². The third-order valence-corrected chi connectivity index (χ3v) is 6.14. The standard InChI is InChI=1S/C29H32N4O/c1-20-16-32-33(18-20)19-24-9-7-23(8-10-24)13-25-5-4-6-27(14-25)29(34)31-17-28-21(2)11-26(15-30)12-22(28)3/h4-12,14,16,18H,13,15,17,19,30H2,1-3H3,(H,31,34). The lowest BCUT2D eigenvalue weighted by Crippen LogP contribution is -2.24. The van der Waals surface area contributed by atoms with Crippen LogP contribution in [0.1, 0.15) is 54.9 Å². The Labute approximate surface area is 201 Å². The third kappa shape index (κ3) is 5.80. The van der Waals surface area contributed by atoms with E-state index in [1.54, 1.807) is 0 Å². The van der Waals surface area contributed by atoms with Crippen molar-refractivity contribution >= 4 is 5.91 Å². The second-order valence-electron chi connectivity index (χ2n) is 9.00. The van der Waals surface area contributed by atoms with Crippen LogP contribution in [0, 0.1) is 20.8 Å². The summed E-state index contributed by atoms with van der Waals surface area (Å²) in [5.74, 6) is -0.0617. The summed E-state index contributed by atoms with van der Waals surface area (Å²) in [5.41, 5.74) is 15.7. The first kappa shape index (κ1) is 23.5. The summed E-state index contributed by atoms with van der Waals surface area (Å²) in [7, 11) is 0. The molecule has 0 spiro atoms. The molecular weight excluding hydrogens is 420 g/mol. The highest BCUT2D eigenvalue weighted by molar-refractivity contribution is 5.94. The van der Waals surface area contributed by atoms with Gasteiger partial charge in [0, 0.05) is 24.8 Å². The van der Waals surface area contributed by atoms with Crippen LogP contribution in [0.2, 0.25) is 0 Å². The number of nitrogens with zero attached hydrogens (tertiary/aromatic N) is 2. The van der Waals surface area contributed by atoms with Crippen LogP contribution < -0.4 is 11.1 Å². The normalized spacial score (nSPS) is 10.9. The lowest BCUT2D eigenvalue weighted by Gasteiger charge is -2.13. The molecule has 0 bridgehead atoms. The van der Waals surface area contributed by atoms with Crippen LogP contribution in [0.25, 0.3) is 0 Å². The molecule has 0 atom stereocenters. The molecule has 0 radical (unpaired) electrons. The minimum absolute atomic E-state index is 0.0617. The first-order valence-corrected chi connectivity index (χ1v) is 11.6. The van der Waals surface area contributed by atoms with Crippen molar-refractivity contribution in [3.63, 3.8) is 0 Å². The second-order valence-corrected chi connectivity index (χ2v) is 9.00. The van der Waals surface area contributed by atoms with Crippen molar-refractivity contribution in [1.82, 2.24) is 15.1 Å². The Kier molecular flexibility index (Phi) is 7.24. The number of hydrogen-bond acceptors (Lipinski definition) is 3. The summed E-state index contributed by atoms with van der Waals surface area (Å²) in [6.45, 7) is 7.96. The average Bonchev–Trinajstić information content (AvgIpc) is 3.24. The Morgan fingerprint density at radius 3 is 2.26 bits per heavy atom. The number of nitrogens with two attached hydrogens (primary N) is 1. The maximum Gasteiger partial charge on any atom is 0.251 e. The summed E-state index contributed by atoms with van der Waals surface area (Å²) >= 11 is 0. The fraction of sp³-hybridized carbons (Fsp3) is 0.241. The zero-order valence-electron chi connectivity index (χ0n) is 20.1. The van der Waals surface area contributed by atoms with E-state index in [1.807, 2.05) is 42.2 Å². The van der Waals surface area contributed by atoms with Gasteiger partial charge in [-0.2, -0.15) is 5.10 Å². The predicted octanol–water partition coefficient (Wildman–Crippen LogP) is 4.84. The highest BCUT2D eigenvalue weighted by atomic mass is 16.1. The Morgan fingerprint density at radius 2 is 1.62 bits per heavy atom. The Morgan fingerprint density at radius 1 is 0.912 bits per heavy atom. The van der Waals surface area contributed by atoms with Crippen LogP contribution in [0.4, 0.5) is 0 Å². The number of hydrogen-bond donors (Lipinski definition) is 2. The maximum atomic E-state index is 12.8. The number of carbonyl (C=O) groups excluding carboxylic acids is 1. The van der Waals surface area contributed by atoms with Crippen LogP contribution in [-0.4, -0.2) is 15.7 Å². The zero-order valence-corrected chi connectivity index (χ0v) is 20.1. The summed E-state index contributed by atoms with van der Waals surface area (Å²) in [5, 5.41) is 7.43. The van der Waals surface area contributed by atoms with E-state index >= 15 is 0 Å². The molecule has 0 saturated carbocycles. The minimum atomic E-state index is -0.0617. The maximum absolute atomic E-state index is 12.8. The number of aryl methyl sites for hydroxylation is 3. The summed E-state index contributed by atoms with van der Waals surface area (Å²) in [6, 6.07) is 20.6. The summed E-state index contributed by atoms with van der Waals surface area (Å²) < 4.78 is 1.95. The van der Waals surface area contributed by atoms with Gasteiger partial charge < -0.3 is 11.1 Å². The lowest BCUT2D eigenvalue weighted by atomic mass is 9.99. The molecule has 1 amide bonds. The molecule has 1 heterocycles. The minimum Gasteiger partial charge on any atom is -0.348 e. The Bertz CT molecular complexity index is 1260. The molecule has 5 heteroatoms. The molecule has 34 heavy (non-hydrogen) atoms. The third-order valence-electron chi connectivity index (χ3n) is 6.14. The van der Waals surface area contributed by atoms with Crippen molar-refractivity contribution in [2.24, 2.45) is 5.73 Å². The van der Waals surface area contributed by atoms with E-state index in [4.69, 9.17) is 5.73 Å². The molecule has 1 aromatic heterocycles. The SMILES string of the molecule is Cc1cnn(Cc2ccc(Cc3cccc(C(=O)NCc4c(C)cc(CN)cc4C)c3)cc2)c1. The van der Waals surface area contributed by atoms with E-state index in [-0.39, 0.29) is 5.91 Å². The quantitative estimate of drug-likeness (QED) is 0.402. The van der Waals surface area contributed by atoms with Gasteiger partial charge in [0.1, 0.15) is 0 Å². The Balaban J connectivity index is 1.38. The van der Waals surface area contributed by atoms with Crippen molar-refractivity contribution in [3.05, 3.63) is 123 Å². The Hall–Kier alpha value is -3.70. The summed E-state index contributed by atoms with van der Waals surface area (Å²) in [6.07, 6.45) is 4.70. The van der Waals surface area contributed by atoms with Gasteiger partial charge in [0.15, 0.2) is 0 Å². The average molecular weight is 453 g/mol. The number of carbonyl (C=O) groups is 1. The van der Waals surface area contributed by atoms with Crippen LogP contribution in [0.15, 0.2) is 73.1 Å². The predicted molar refractivity (Wildman–Crippen MR) is 137 cm³/mol. The second kappa shape index (κ2) is 10.5. The number of benzene rings is 3. The van der Waals surface area contributed by atoms with E-state index in [2.05, 4.69) is 66.7 Å².